The molecule has 0 unspecified atom stereocenters. The van der Waals surface area contributed by atoms with Crippen LogP contribution in [0.2, 0.25) is 0 Å². The van der Waals surface area contributed by atoms with Crippen molar-refractivity contribution in [2.24, 2.45) is 0 Å². The molecule has 23 heavy (non-hydrogen) atoms. The fourth-order valence-corrected chi connectivity index (χ4v) is 3.14. The molecular weight excluding hydrogens is 299 g/mol. The number of rotatable bonds is 3. The first-order valence-corrected chi connectivity index (χ1v) is 8.05. The normalized spacial score (nSPS) is 24.9. The van der Waals surface area contributed by atoms with Crippen molar-refractivity contribution < 1.29 is 18.7 Å². The van der Waals surface area contributed by atoms with Gasteiger partial charge >= 0.3 is 0 Å². The second-order valence-corrected chi connectivity index (χ2v) is 6.13. The molecule has 1 aromatic rings. The van der Waals surface area contributed by atoms with Gasteiger partial charge in [-0.25, -0.2) is 4.39 Å². The second-order valence-electron chi connectivity index (χ2n) is 6.13. The smallest absolute Gasteiger partial charge is 0.266 e. The Morgan fingerprint density at radius 3 is 2.35 bits per heavy atom. The Labute approximate surface area is 135 Å². The summed E-state index contributed by atoms with van der Waals surface area (Å²) in [5.74, 6) is -0.248. The average molecular weight is 320 g/mol. The molecule has 6 heteroatoms. The molecule has 5 nitrogen and oxygen atoms in total. The van der Waals surface area contributed by atoms with E-state index >= 15 is 0 Å². The summed E-state index contributed by atoms with van der Waals surface area (Å²) in [5.41, 5.74) is 0. The van der Waals surface area contributed by atoms with Gasteiger partial charge < -0.3 is 14.5 Å². The van der Waals surface area contributed by atoms with Crippen LogP contribution in [0.5, 0.6) is 5.75 Å². The highest BCUT2D eigenvalue weighted by Gasteiger charge is 2.52. The number of benzene rings is 1. The Morgan fingerprint density at radius 2 is 1.74 bits per heavy atom. The fraction of sp³-hybridized carbons (Fsp3) is 0.529. The van der Waals surface area contributed by atoms with Crippen LogP contribution in [-0.4, -0.2) is 53.9 Å². The van der Waals surface area contributed by atoms with Crippen LogP contribution < -0.4 is 4.74 Å². The summed E-state index contributed by atoms with van der Waals surface area (Å²) in [6.07, 6.45) is 3.46. The third-order valence-electron chi connectivity index (χ3n) is 4.54. The highest BCUT2D eigenvalue weighted by molar-refractivity contribution is 6.01. The zero-order valence-electron chi connectivity index (χ0n) is 13.2. The van der Waals surface area contributed by atoms with E-state index in [1.807, 2.05) is 4.90 Å². The number of halogens is 1. The minimum absolute atomic E-state index is 0.0545. The lowest BCUT2D eigenvalue weighted by molar-refractivity contribution is -0.170. The van der Waals surface area contributed by atoms with Crippen molar-refractivity contribution in [1.29, 1.82) is 0 Å². The average Bonchev–Trinajstić information content (AvgIpc) is 2.85. The molecule has 0 radical (unpaired) electrons. The van der Waals surface area contributed by atoms with Crippen molar-refractivity contribution in [2.45, 2.75) is 37.8 Å². The lowest BCUT2D eigenvalue weighted by Gasteiger charge is -2.44. The van der Waals surface area contributed by atoms with E-state index in [9.17, 15) is 14.0 Å². The predicted molar refractivity (Wildman–Crippen MR) is 82.4 cm³/mol. The van der Waals surface area contributed by atoms with Gasteiger partial charge in [0.2, 0.25) is 12.0 Å². The third kappa shape index (κ3) is 3.16. The molecule has 3 rings (SSSR count). The Balaban J connectivity index is 1.70. The third-order valence-corrected chi connectivity index (χ3v) is 4.54. The van der Waals surface area contributed by atoms with Gasteiger partial charge in [0.1, 0.15) is 11.6 Å². The molecule has 2 atom stereocenters. The molecule has 2 heterocycles. The molecular formula is C17H21FN2O3. The maximum Gasteiger partial charge on any atom is 0.266 e. The number of likely N-dealkylation sites (N-methyl/N-ethyl adjacent to an activating group) is 1. The quantitative estimate of drug-likeness (QED) is 0.798. The Morgan fingerprint density at radius 1 is 1.13 bits per heavy atom. The van der Waals surface area contributed by atoms with E-state index in [-0.39, 0.29) is 17.6 Å². The van der Waals surface area contributed by atoms with Gasteiger partial charge in [0.05, 0.1) is 0 Å². The van der Waals surface area contributed by atoms with Gasteiger partial charge in [-0.1, -0.05) is 12.8 Å². The molecule has 2 saturated heterocycles. The van der Waals surface area contributed by atoms with Crippen LogP contribution in [0, 0.1) is 5.82 Å². The molecule has 0 bridgehead atoms. The number of hydrogen-bond acceptors (Lipinski definition) is 3. The number of carbonyl (C=O) groups excluding carboxylic acids is 2. The molecule has 2 fully saturated rings. The molecule has 0 aromatic heterocycles. The van der Waals surface area contributed by atoms with Crippen LogP contribution in [0.25, 0.3) is 0 Å². The monoisotopic (exact) mass is 320 g/mol. The highest BCUT2D eigenvalue weighted by Crippen LogP contribution is 2.26. The largest absolute Gasteiger partial charge is 0.478 e. The van der Waals surface area contributed by atoms with Crippen LogP contribution in [-0.2, 0) is 9.59 Å². The van der Waals surface area contributed by atoms with Gasteiger partial charge in [-0.05, 0) is 37.1 Å². The van der Waals surface area contributed by atoms with Gasteiger partial charge in [0.25, 0.3) is 5.91 Å². The standard InChI is InChI=1S/C17H21FN2O3/c1-19-14(16(21)20-10-4-2-3-5-11-20)15(17(19)22)23-13-8-6-12(18)7-9-13/h6-9,14-15H,2-5,10-11H2,1H3/t14-,15-/m0/s1. The Kier molecular flexibility index (Phi) is 4.50. The lowest BCUT2D eigenvalue weighted by atomic mass is 9.97. The minimum Gasteiger partial charge on any atom is -0.478 e. The van der Waals surface area contributed by atoms with E-state index in [0.29, 0.717) is 5.75 Å². The zero-order chi connectivity index (χ0) is 16.4. The first-order chi connectivity index (χ1) is 11.1. The van der Waals surface area contributed by atoms with Crippen molar-refractivity contribution in [3.05, 3.63) is 30.1 Å². The first kappa shape index (κ1) is 15.8. The van der Waals surface area contributed by atoms with Crippen molar-refractivity contribution in [3.63, 3.8) is 0 Å². The molecule has 0 N–H and O–H groups in total. The fourth-order valence-electron chi connectivity index (χ4n) is 3.14. The molecule has 2 amide bonds. The number of ether oxygens (including phenoxy) is 1. The lowest BCUT2D eigenvalue weighted by Crippen LogP contribution is -2.70. The van der Waals surface area contributed by atoms with E-state index in [0.717, 1.165) is 38.8 Å². The molecule has 0 saturated carbocycles. The number of β-lactam (4-membered cyclic amide) rings is 1. The van der Waals surface area contributed by atoms with Crippen LogP contribution in [0.4, 0.5) is 4.39 Å². The van der Waals surface area contributed by atoms with E-state index in [4.69, 9.17) is 4.74 Å². The number of likely N-dealkylation sites (tertiary alicyclic amines) is 2. The van der Waals surface area contributed by atoms with E-state index < -0.39 is 12.1 Å². The summed E-state index contributed by atoms with van der Waals surface area (Å²) in [7, 11) is 1.62. The summed E-state index contributed by atoms with van der Waals surface area (Å²) < 4.78 is 18.6. The zero-order valence-corrected chi connectivity index (χ0v) is 13.2. The van der Waals surface area contributed by atoms with Gasteiger partial charge in [0.15, 0.2) is 6.04 Å². The summed E-state index contributed by atoms with van der Waals surface area (Å²) >= 11 is 0. The summed E-state index contributed by atoms with van der Waals surface area (Å²) in [6.45, 7) is 1.47. The van der Waals surface area contributed by atoms with Gasteiger partial charge in [-0.3, -0.25) is 9.59 Å². The van der Waals surface area contributed by atoms with E-state index in [1.54, 1.807) is 7.05 Å². The summed E-state index contributed by atoms with van der Waals surface area (Å²) in [6, 6.07) is 4.88. The maximum absolute atomic E-state index is 13.0. The number of amides is 2. The molecule has 0 aliphatic carbocycles. The van der Waals surface area contributed by atoms with Crippen molar-refractivity contribution in [1.82, 2.24) is 9.80 Å². The summed E-state index contributed by atoms with van der Waals surface area (Å²) in [4.78, 5) is 28.1. The minimum atomic E-state index is -0.818. The predicted octanol–water partition coefficient (Wildman–Crippen LogP) is 1.82. The SMILES string of the molecule is CN1C(=O)[C@@H](Oc2ccc(F)cc2)[C@H]1C(=O)N1CCCCCC1. The van der Waals surface area contributed by atoms with Gasteiger partial charge in [0, 0.05) is 20.1 Å². The van der Waals surface area contributed by atoms with Crippen LogP contribution >= 0.6 is 0 Å². The van der Waals surface area contributed by atoms with Crippen molar-refractivity contribution in [3.8, 4) is 5.75 Å². The van der Waals surface area contributed by atoms with Crippen molar-refractivity contribution >= 4 is 11.8 Å². The molecule has 2 aliphatic rings. The topological polar surface area (TPSA) is 49.9 Å². The van der Waals surface area contributed by atoms with Crippen molar-refractivity contribution in [2.75, 3.05) is 20.1 Å². The molecule has 1 aromatic carbocycles. The number of nitrogens with zero attached hydrogens (tertiary/aromatic N) is 2. The van der Waals surface area contributed by atoms with Crippen LogP contribution in [0.15, 0.2) is 24.3 Å². The summed E-state index contributed by atoms with van der Waals surface area (Å²) in [5, 5.41) is 0. The van der Waals surface area contributed by atoms with Gasteiger partial charge in [-0.15, -0.1) is 0 Å². The first-order valence-electron chi connectivity index (χ1n) is 8.05. The van der Waals surface area contributed by atoms with E-state index in [2.05, 4.69) is 0 Å². The van der Waals surface area contributed by atoms with Crippen LogP contribution in [0.3, 0.4) is 0 Å². The number of carbonyl (C=O) groups is 2. The Hall–Kier alpha value is -2.11. The highest BCUT2D eigenvalue weighted by atomic mass is 19.1. The molecule has 0 spiro atoms. The van der Waals surface area contributed by atoms with Crippen LogP contribution in [0.1, 0.15) is 25.7 Å². The number of hydrogen-bond donors (Lipinski definition) is 0. The van der Waals surface area contributed by atoms with Gasteiger partial charge in [-0.2, -0.15) is 0 Å². The molecule has 2 aliphatic heterocycles. The molecule has 124 valence electrons. The Bertz CT molecular complexity index is 582. The maximum atomic E-state index is 13.0. The van der Waals surface area contributed by atoms with E-state index in [1.165, 1.54) is 29.2 Å². The second kappa shape index (κ2) is 6.56.